The van der Waals surface area contributed by atoms with Gasteiger partial charge in [-0.1, -0.05) is 65.9 Å². The normalized spacial score (nSPS) is 11.2. The molecular weight excluding hydrogens is 432 g/mol. The summed E-state index contributed by atoms with van der Waals surface area (Å²) in [7, 11) is -2.21. The first kappa shape index (κ1) is 20.7. The molecule has 1 nitrogen and oxygen atoms in total. The number of hydrogen-bond donors (Lipinski definition) is 0. The van der Waals surface area contributed by atoms with E-state index < -0.39 is 7.26 Å². The molecule has 0 fully saturated rings. The zero-order valence-corrected chi connectivity index (χ0v) is 18.4. The topological polar surface area (TPSA) is 12.9 Å². The predicted molar refractivity (Wildman–Crippen MR) is 124 cm³/mol. The van der Waals surface area contributed by atoms with Gasteiger partial charge in [0.2, 0.25) is 0 Å². The largest absolute Gasteiger partial charge is 1.00 e. The fourth-order valence-corrected chi connectivity index (χ4v) is 9.92. The Balaban J connectivity index is 0.00000218. The first-order valence-electron chi connectivity index (χ1n) is 9.41. The van der Waals surface area contributed by atoms with E-state index in [1.807, 2.05) is 24.3 Å². The van der Waals surface area contributed by atoms with Crippen LogP contribution in [0.4, 0.5) is 4.39 Å². The van der Waals surface area contributed by atoms with Crippen molar-refractivity contribution in [3.05, 3.63) is 115 Å². The molecule has 0 saturated heterocycles. The number of rotatable bonds is 4. The number of halogens is 2. The maximum absolute atomic E-state index is 13.9. The smallest absolute Gasteiger partial charge is 0.254 e. The van der Waals surface area contributed by atoms with Gasteiger partial charge in [0.25, 0.3) is 4.75 Å². The van der Waals surface area contributed by atoms with Crippen molar-refractivity contribution in [2.24, 2.45) is 0 Å². The van der Waals surface area contributed by atoms with E-state index in [2.05, 4.69) is 72.8 Å². The van der Waals surface area contributed by atoms with Crippen LogP contribution in [-0.2, 0) is 0 Å². The van der Waals surface area contributed by atoms with Gasteiger partial charge in [-0.3, -0.25) is 0 Å². The van der Waals surface area contributed by atoms with Crippen molar-refractivity contribution < 1.29 is 16.8 Å². The molecule has 148 valence electrons. The van der Waals surface area contributed by atoms with Gasteiger partial charge in [0.05, 0.1) is 10.2 Å². The van der Waals surface area contributed by atoms with E-state index in [9.17, 15) is 4.39 Å². The molecule has 0 radical (unpaired) electrons. The average Bonchev–Trinajstić information content (AvgIpc) is 3.20. The lowest BCUT2D eigenvalue weighted by molar-refractivity contribution is -0.00000609. The zero-order valence-electron chi connectivity index (χ0n) is 16.0. The highest BCUT2D eigenvalue weighted by molar-refractivity contribution is 8.04. The van der Waals surface area contributed by atoms with Gasteiger partial charge >= 0.3 is 0 Å². The van der Waals surface area contributed by atoms with Gasteiger partial charge in [-0.2, -0.15) is 0 Å². The molecule has 0 atom stereocenters. The third-order valence-corrected chi connectivity index (χ3v) is 10.9. The second kappa shape index (κ2) is 8.65. The van der Waals surface area contributed by atoms with Crippen LogP contribution in [0.25, 0.3) is 10.2 Å². The summed E-state index contributed by atoms with van der Waals surface area (Å²) in [6, 6.07) is 36.7. The van der Waals surface area contributed by atoms with Gasteiger partial charge in [-0.05, 0) is 48.5 Å². The van der Waals surface area contributed by atoms with E-state index >= 15 is 0 Å². The van der Waals surface area contributed by atoms with E-state index in [4.69, 9.17) is 4.98 Å². The van der Waals surface area contributed by atoms with E-state index in [1.165, 1.54) is 28.0 Å². The molecule has 0 N–H and O–H groups in total. The molecule has 5 aromatic rings. The fraction of sp³-hybridized carbons (Fsp3) is 0. The zero-order chi connectivity index (χ0) is 19.7. The summed E-state index contributed by atoms with van der Waals surface area (Å²) >= 11 is 1.67. The third-order valence-electron chi connectivity index (χ3n) is 5.06. The molecule has 30 heavy (non-hydrogen) atoms. The van der Waals surface area contributed by atoms with Crippen molar-refractivity contribution in [3.63, 3.8) is 0 Å². The standard InChI is InChI=1S/C25H18FNPS.ClH/c26-19-16-17-24-23(18-19)27-25(29-24)28(20-10-4-1-5-11-20,21-12-6-2-7-13-21)22-14-8-3-9-15-22;/h1-18H;1H/q+1;/p-1. The monoisotopic (exact) mass is 449 g/mol. The number of nitrogens with zero attached hydrogens (tertiary/aromatic N) is 1. The number of fused-ring (bicyclic) bond motifs is 1. The summed E-state index contributed by atoms with van der Waals surface area (Å²) in [5, 5.41) is 3.74. The Morgan fingerprint density at radius 2 is 1.10 bits per heavy atom. The van der Waals surface area contributed by atoms with Crippen LogP contribution in [0.5, 0.6) is 0 Å². The van der Waals surface area contributed by atoms with Crippen LogP contribution >= 0.6 is 18.6 Å². The van der Waals surface area contributed by atoms with Crippen LogP contribution in [0.2, 0.25) is 0 Å². The van der Waals surface area contributed by atoms with Gasteiger partial charge in [0, 0.05) is 6.07 Å². The van der Waals surface area contributed by atoms with E-state index in [1.54, 1.807) is 11.3 Å². The van der Waals surface area contributed by atoms with Gasteiger partial charge in [-0.15, -0.1) is 0 Å². The van der Waals surface area contributed by atoms with Gasteiger partial charge < -0.3 is 12.4 Å². The van der Waals surface area contributed by atoms with Crippen molar-refractivity contribution in [3.8, 4) is 0 Å². The van der Waals surface area contributed by atoms with E-state index in [0.29, 0.717) is 0 Å². The molecule has 0 aliphatic carbocycles. The van der Waals surface area contributed by atoms with Gasteiger partial charge in [0.15, 0.2) is 7.26 Å². The summed E-state index contributed by atoms with van der Waals surface area (Å²) < 4.78 is 15.9. The molecule has 5 heteroatoms. The van der Waals surface area contributed by atoms with Crippen LogP contribution < -0.4 is 33.1 Å². The molecule has 0 aliphatic rings. The van der Waals surface area contributed by atoms with Crippen molar-refractivity contribution in [1.82, 2.24) is 4.98 Å². The summed E-state index contributed by atoms with van der Waals surface area (Å²) in [5.74, 6) is -0.252. The lowest BCUT2D eigenvalue weighted by Crippen LogP contribution is -3.00. The van der Waals surface area contributed by atoms with Crippen molar-refractivity contribution in [2.45, 2.75) is 0 Å². The molecule has 0 spiro atoms. The van der Waals surface area contributed by atoms with E-state index in [-0.39, 0.29) is 18.2 Å². The number of thiazole rings is 1. The molecule has 4 aromatic carbocycles. The first-order valence-corrected chi connectivity index (χ1v) is 12.0. The molecule has 1 heterocycles. The van der Waals surface area contributed by atoms with E-state index in [0.717, 1.165) is 15.0 Å². The minimum Gasteiger partial charge on any atom is -1.00 e. The molecule has 0 amide bonds. The number of benzene rings is 4. The van der Waals surface area contributed by atoms with Crippen LogP contribution in [0, 0.1) is 5.82 Å². The molecular formula is C25H18ClFNPS. The quantitative estimate of drug-likeness (QED) is 0.383. The van der Waals surface area contributed by atoms with Gasteiger partial charge in [-0.25, -0.2) is 9.37 Å². The molecule has 0 saturated carbocycles. The summed E-state index contributed by atoms with van der Waals surface area (Å²) in [4.78, 5) is 5.00. The molecule has 0 unspecified atom stereocenters. The van der Waals surface area contributed by atoms with Crippen LogP contribution in [-0.4, -0.2) is 4.98 Å². The molecule has 0 aliphatic heterocycles. The second-order valence-electron chi connectivity index (χ2n) is 6.79. The van der Waals surface area contributed by atoms with Crippen LogP contribution in [0.15, 0.2) is 109 Å². The molecule has 1 aromatic heterocycles. The highest BCUT2D eigenvalue weighted by Crippen LogP contribution is 2.55. The first-order chi connectivity index (χ1) is 14.3. The molecule has 0 bridgehead atoms. The van der Waals surface area contributed by atoms with Crippen molar-refractivity contribution in [2.75, 3.05) is 0 Å². The minimum atomic E-state index is -2.21. The van der Waals surface area contributed by atoms with Crippen molar-refractivity contribution in [1.29, 1.82) is 0 Å². The highest BCUT2D eigenvalue weighted by atomic mass is 35.5. The lowest BCUT2D eigenvalue weighted by Gasteiger charge is -2.24. The Bertz CT molecular complexity index is 1160. The maximum Gasteiger partial charge on any atom is 0.254 e. The Kier molecular flexibility index (Phi) is 5.97. The molecule has 5 rings (SSSR count). The predicted octanol–water partition coefficient (Wildman–Crippen LogP) is 2.06. The number of hydrogen-bond acceptors (Lipinski definition) is 2. The second-order valence-corrected chi connectivity index (χ2v) is 11.4. The SMILES string of the molecule is Fc1ccc2sc([P+](c3ccccc3)(c3ccccc3)c3ccccc3)nc2c1.[Cl-]. The highest BCUT2D eigenvalue weighted by Gasteiger charge is 2.50. The Labute approximate surface area is 186 Å². The van der Waals surface area contributed by atoms with Crippen molar-refractivity contribution >= 4 is 49.5 Å². The van der Waals surface area contributed by atoms with Gasteiger partial charge in [0.1, 0.15) is 21.7 Å². The Morgan fingerprint density at radius 3 is 1.57 bits per heavy atom. The third kappa shape index (κ3) is 3.44. The maximum atomic E-state index is 13.9. The Hall–Kier alpha value is -2.58. The minimum absolute atomic E-state index is 0. The Morgan fingerprint density at radius 1 is 0.633 bits per heavy atom. The van der Waals surface area contributed by atoms with Crippen LogP contribution in [0.1, 0.15) is 0 Å². The number of aromatic nitrogens is 1. The average molecular weight is 450 g/mol. The summed E-state index contributed by atoms with van der Waals surface area (Å²) in [6.45, 7) is 0. The summed E-state index contributed by atoms with van der Waals surface area (Å²) in [6.07, 6.45) is 0. The lowest BCUT2D eigenvalue weighted by atomic mass is 10.3. The summed E-state index contributed by atoms with van der Waals surface area (Å²) in [5.41, 5.74) is 0.720. The van der Waals surface area contributed by atoms with Crippen LogP contribution in [0.3, 0.4) is 0 Å². The fourth-order valence-electron chi connectivity index (χ4n) is 3.77.